The average molecular weight is 645 g/mol. The highest BCUT2D eigenvalue weighted by Crippen LogP contribution is 2.33. The predicted octanol–water partition coefficient (Wildman–Crippen LogP) is 7.69. The number of carboxylic acid groups (broad SMARTS) is 1. The van der Waals surface area contributed by atoms with E-state index in [0.717, 1.165) is 28.2 Å². The largest absolute Gasteiger partial charge is 0.465 e. The molecule has 232 valence electrons. The lowest BCUT2D eigenvalue weighted by atomic mass is 10.0. The Hall–Kier alpha value is -5.62. The van der Waals surface area contributed by atoms with Crippen molar-refractivity contribution in [2.75, 3.05) is 5.32 Å². The maximum Gasteiger partial charge on any atom is 0.419 e. The number of H-pyrrole nitrogens is 1. The Labute approximate surface area is 264 Å². The van der Waals surface area contributed by atoms with Crippen molar-refractivity contribution in [1.29, 1.82) is 0 Å². The van der Waals surface area contributed by atoms with Gasteiger partial charge in [0.15, 0.2) is 0 Å². The molecule has 3 heterocycles. The van der Waals surface area contributed by atoms with Crippen molar-refractivity contribution in [3.8, 4) is 28.1 Å². The Morgan fingerprint density at radius 1 is 1.00 bits per heavy atom. The molecule has 0 bridgehead atoms. The van der Waals surface area contributed by atoms with E-state index in [1.54, 1.807) is 59.4 Å². The summed E-state index contributed by atoms with van der Waals surface area (Å²) in [7, 11) is 0. The summed E-state index contributed by atoms with van der Waals surface area (Å²) in [5, 5.41) is 15.5. The van der Waals surface area contributed by atoms with Crippen LogP contribution in [0.5, 0.6) is 0 Å². The molecule has 6 aromatic rings. The van der Waals surface area contributed by atoms with Gasteiger partial charge >= 0.3 is 12.3 Å². The van der Waals surface area contributed by atoms with Gasteiger partial charge in [-0.25, -0.2) is 14.5 Å². The fourth-order valence-electron chi connectivity index (χ4n) is 5.12. The lowest BCUT2D eigenvalue weighted by Crippen LogP contribution is -2.27. The Bertz CT molecular complexity index is 2070. The molecule has 0 aliphatic carbocycles. The van der Waals surface area contributed by atoms with Gasteiger partial charge in [0.25, 0.3) is 5.56 Å². The van der Waals surface area contributed by atoms with E-state index in [9.17, 15) is 22.8 Å². The molecule has 0 saturated heterocycles. The van der Waals surface area contributed by atoms with Crippen LogP contribution in [-0.2, 0) is 12.6 Å². The van der Waals surface area contributed by atoms with Gasteiger partial charge in [0.05, 0.1) is 29.2 Å². The van der Waals surface area contributed by atoms with E-state index < -0.39 is 23.9 Å². The molecule has 0 radical (unpaired) electrons. The van der Waals surface area contributed by atoms with Crippen molar-refractivity contribution in [3.05, 3.63) is 142 Å². The van der Waals surface area contributed by atoms with Gasteiger partial charge in [-0.3, -0.25) is 10.1 Å². The van der Waals surface area contributed by atoms with Gasteiger partial charge in [0, 0.05) is 52.9 Å². The molecule has 3 aromatic heterocycles. The van der Waals surface area contributed by atoms with Crippen molar-refractivity contribution in [3.63, 3.8) is 0 Å². The number of pyridine rings is 1. The van der Waals surface area contributed by atoms with Crippen LogP contribution in [0.3, 0.4) is 0 Å². The fraction of sp³-hybridized carbons (Fsp3) is 0.0909. The number of aromatic amines is 1. The molecule has 6 rings (SSSR count). The first-order valence-corrected chi connectivity index (χ1v) is 14.3. The van der Waals surface area contributed by atoms with Crippen molar-refractivity contribution >= 4 is 23.4 Å². The Morgan fingerprint density at radius 3 is 2.43 bits per heavy atom. The Kier molecular flexibility index (Phi) is 8.20. The van der Waals surface area contributed by atoms with Gasteiger partial charge in [0.1, 0.15) is 5.82 Å². The summed E-state index contributed by atoms with van der Waals surface area (Å²) in [5.41, 5.74) is 2.62. The van der Waals surface area contributed by atoms with E-state index in [2.05, 4.69) is 15.4 Å². The summed E-state index contributed by atoms with van der Waals surface area (Å²) in [5.74, 6) is 0.515. The van der Waals surface area contributed by atoms with Gasteiger partial charge in [-0.15, -0.1) is 0 Å². The van der Waals surface area contributed by atoms with E-state index in [0.29, 0.717) is 45.5 Å². The highest BCUT2D eigenvalue weighted by molar-refractivity contribution is 6.31. The van der Waals surface area contributed by atoms with Gasteiger partial charge in [-0.05, 0) is 47.5 Å². The second kappa shape index (κ2) is 12.4. The molecule has 1 atom stereocenters. The van der Waals surface area contributed by atoms with E-state index in [-0.39, 0.29) is 5.56 Å². The minimum absolute atomic E-state index is 0.318. The molecule has 0 spiro atoms. The first kappa shape index (κ1) is 30.4. The van der Waals surface area contributed by atoms with Crippen molar-refractivity contribution in [1.82, 2.24) is 24.3 Å². The lowest BCUT2D eigenvalue weighted by molar-refractivity contribution is -0.137. The number of nitrogens with one attached hydrogen (secondary N) is 2. The monoisotopic (exact) mass is 644 g/mol. The summed E-state index contributed by atoms with van der Waals surface area (Å²) in [6.45, 7) is 0. The molecule has 3 aromatic carbocycles. The normalized spacial score (nSPS) is 12.2. The van der Waals surface area contributed by atoms with Gasteiger partial charge < -0.3 is 14.7 Å². The number of alkyl halides is 3. The summed E-state index contributed by atoms with van der Waals surface area (Å²) < 4.78 is 42.5. The molecule has 46 heavy (non-hydrogen) atoms. The van der Waals surface area contributed by atoms with Crippen LogP contribution in [0.15, 0.2) is 115 Å². The number of hydrogen-bond acceptors (Lipinski definition) is 4. The van der Waals surface area contributed by atoms with Crippen LogP contribution in [0, 0.1) is 0 Å². The van der Waals surface area contributed by atoms with Gasteiger partial charge in [0.2, 0.25) is 0 Å². The van der Waals surface area contributed by atoms with Gasteiger partial charge in [-0.1, -0.05) is 54.1 Å². The zero-order chi connectivity index (χ0) is 32.4. The fourth-order valence-corrected chi connectivity index (χ4v) is 5.29. The van der Waals surface area contributed by atoms with Crippen LogP contribution >= 0.6 is 11.6 Å². The summed E-state index contributed by atoms with van der Waals surface area (Å²) in [6.07, 6.45) is -0.356. The molecule has 0 aliphatic heterocycles. The number of amides is 1. The van der Waals surface area contributed by atoms with Crippen LogP contribution in [0.25, 0.3) is 28.1 Å². The first-order chi connectivity index (χ1) is 22.0. The number of hydrogen-bond donors (Lipinski definition) is 3. The quantitative estimate of drug-likeness (QED) is 0.157. The minimum Gasteiger partial charge on any atom is -0.465 e. The number of nitrogens with zero attached hydrogens (tertiary/aromatic N) is 4. The topological polar surface area (TPSA) is 118 Å². The maximum absolute atomic E-state index is 13.8. The summed E-state index contributed by atoms with van der Waals surface area (Å²) in [6, 6.07) is 23.5. The third-order valence-electron chi connectivity index (χ3n) is 7.33. The van der Waals surface area contributed by atoms with Crippen LogP contribution in [0.1, 0.15) is 23.0 Å². The molecule has 1 amide bonds. The number of anilines is 1. The van der Waals surface area contributed by atoms with Gasteiger partial charge in [-0.2, -0.15) is 18.3 Å². The number of benzene rings is 3. The second-order valence-corrected chi connectivity index (χ2v) is 10.8. The van der Waals surface area contributed by atoms with Crippen LogP contribution in [0.2, 0.25) is 5.02 Å². The molecule has 0 saturated carbocycles. The average Bonchev–Trinajstić information content (AvgIpc) is 3.72. The van der Waals surface area contributed by atoms with Crippen molar-refractivity contribution in [2.45, 2.75) is 18.6 Å². The van der Waals surface area contributed by atoms with E-state index in [4.69, 9.17) is 21.7 Å². The molecular weight excluding hydrogens is 621 g/mol. The molecule has 13 heteroatoms. The number of halogens is 4. The Balaban J connectivity index is 1.37. The summed E-state index contributed by atoms with van der Waals surface area (Å²) in [4.78, 5) is 32.7. The third kappa shape index (κ3) is 6.57. The smallest absolute Gasteiger partial charge is 0.419 e. The number of carbonyl (C=O) groups is 1. The number of aromatic nitrogens is 5. The van der Waals surface area contributed by atoms with Crippen LogP contribution in [-0.4, -0.2) is 35.5 Å². The SMILES string of the molecule is O=C(O)Nc1ccc(-c2c[nH]c(C(Cc3ccccc3)n3ccc(-c4cc(Cl)ccc4-n4cc(C(F)(F)F)cn4)cc3=O)n2)cc1. The second-order valence-electron chi connectivity index (χ2n) is 10.4. The zero-order valence-electron chi connectivity index (χ0n) is 23.7. The van der Waals surface area contributed by atoms with Crippen molar-refractivity contribution < 1.29 is 23.1 Å². The van der Waals surface area contributed by atoms with E-state index >= 15 is 0 Å². The van der Waals surface area contributed by atoms with E-state index in [1.165, 1.54) is 12.1 Å². The molecule has 1 unspecified atom stereocenters. The van der Waals surface area contributed by atoms with Crippen LogP contribution in [0.4, 0.5) is 23.7 Å². The predicted molar refractivity (Wildman–Crippen MR) is 167 cm³/mol. The molecule has 9 nitrogen and oxygen atoms in total. The summed E-state index contributed by atoms with van der Waals surface area (Å²) >= 11 is 6.27. The van der Waals surface area contributed by atoms with Crippen LogP contribution < -0.4 is 10.9 Å². The minimum atomic E-state index is -4.56. The highest BCUT2D eigenvalue weighted by Gasteiger charge is 2.32. The lowest BCUT2D eigenvalue weighted by Gasteiger charge is -2.19. The zero-order valence-corrected chi connectivity index (χ0v) is 24.5. The molecular formula is C33H24ClF3N6O3. The standard InChI is InChI=1S/C33H24ClF3N6O3/c34-24-8-11-28(43-19-23(17-39-43)33(35,36)37)26(16-24)22-12-13-42(30(44)15-22)29(14-20-4-2-1-3-5-20)31-38-18-27(41-31)21-6-9-25(10-7-21)40-32(45)46/h1-13,15-19,29,40H,14H2,(H,38,41)(H,45,46). The number of imidazole rings is 1. The third-order valence-corrected chi connectivity index (χ3v) is 7.56. The van der Waals surface area contributed by atoms with E-state index in [1.807, 2.05) is 30.3 Å². The van der Waals surface area contributed by atoms with Crippen molar-refractivity contribution in [2.24, 2.45) is 0 Å². The highest BCUT2D eigenvalue weighted by atomic mass is 35.5. The Morgan fingerprint density at radius 2 is 1.76 bits per heavy atom. The molecule has 0 fully saturated rings. The maximum atomic E-state index is 13.8. The first-order valence-electron chi connectivity index (χ1n) is 13.9. The molecule has 0 aliphatic rings. The molecule has 3 N–H and O–H groups in total. The number of rotatable bonds is 8.